The van der Waals surface area contributed by atoms with Crippen molar-refractivity contribution in [3.63, 3.8) is 0 Å². The molecule has 4 rings (SSSR count). The molecule has 0 amide bonds. The van der Waals surface area contributed by atoms with Crippen LogP contribution in [0, 0.1) is 25.2 Å². The second kappa shape index (κ2) is 6.50. The third-order valence-corrected chi connectivity index (χ3v) is 4.64. The third-order valence-electron chi connectivity index (χ3n) is 4.64. The standard InChI is InChI=1S/C23H19N3/c1-16-3-6-18(7-4-16)13-21-23(20-10-8-19(14-24)9-11-20)25-22-12-5-17(2)15-26(21)22/h3-12,15H,13H2,1-2H3. The van der Waals surface area contributed by atoms with E-state index in [1.165, 1.54) is 16.7 Å². The van der Waals surface area contributed by atoms with Crippen LogP contribution in [-0.4, -0.2) is 9.38 Å². The highest BCUT2D eigenvalue weighted by Crippen LogP contribution is 2.27. The Bertz CT molecular complexity index is 1110. The van der Waals surface area contributed by atoms with Gasteiger partial charge < -0.3 is 4.40 Å². The van der Waals surface area contributed by atoms with E-state index in [1.807, 2.05) is 24.3 Å². The highest BCUT2D eigenvalue weighted by atomic mass is 15.0. The number of aromatic nitrogens is 2. The van der Waals surface area contributed by atoms with Crippen LogP contribution in [0.2, 0.25) is 0 Å². The van der Waals surface area contributed by atoms with E-state index in [9.17, 15) is 0 Å². The summed E-state index contributed by atoms with van der Waals surface area (Å²) in [6.45, 7) is 4.19. The van der Waals surface area contributed by atoms with Gasteiger partial charge in [0.15, 0.2) is 0 Å². The molecule has 4 aromatic rings. The molecule has 0 fully saturated rings. The zero-order valence-corrected chi connectivity index (χ0v) is 14.9. The summed E-state index contributed by atoms with van der Waals surface area (Å²) in [5, 5.41) is 9.05. The van der Waals surface area contributed by atoms with Crippen LogP contribution < -0.4 is 0 Å². The monoisotopic (exact) mass is 337 g/mol. The van der Waals surface area contributed by atoms with Crippen LogP contribution in [0.3, 0.4) is 0 Å². The zero-order chi connectivity index (χ0) is 18.1. The van der Waals surface area contributed by atoms with Gasteiger partial charge in [-0.1, -0.05) is 48.0 Å². The average Bonchev–Trinajstić information content (AvgIpc) is 3.01. The van der Waals surface area contributed by atoms with E-state index in [0.29, 0.717) is 5.56 Å². The molecule has 2 aromatic carbocycles. The van der Waals surface area contributed by atoms with Gasteiger partial charge in [0.25, 0.3) is 0 Å². The van der Waals surface area contributed by atoms with Crippen molar-refractivity contribution in [3.8, 4) is 17.3 Å². The lowest BCUT2D eigenvalue weighted by Gasteiger charge is -2.07. The smallest absolute Gasteiger partial charge is 0.137 e. The number of aryl methyl sites for hydroxylation is 2. The normalized spacial score (nSPS) is 10.8. The van der Waals surface area contributed by atoms with Gasteiger partial charge >= 0.3 is 0 Å². The molecule has 0 aliphatic rings. The van der Waals surface area contributed by atoms with Crippen LogP contribution >= 0.6 is 0 Å². The molecule has 2 heterocycles. The number of benzene rings is 2. The number of hydrogen-bond acceptors (Lipinski definition) is 2. The van der Waals surface area contributed by atoms with Crippen LogP contribution in [0.15, 0.2) is 66.9 Å². The summed E-state index contributed by atoms with van der Waals surface area (Å²) < 4.78 is 2.18. The van der Waals surface area contributed by atoms with Crippen molar-refractivity contribution in [1.29, 1.82) is 5.26 Å². The largest absolute Gasteiger partial charge is 0.303 e. The van der Waals surface area contributed by atoms with E-state index in [-0.39, 0.29) is 0 Å². The Morgan fingerprint density at radius 1 is 0.885 bits per heavy atom. The van der Waals surface area contributed by atoms with Crippen molar-refractivity contribution in [2.24, 2.45) is 0 Å². The Kier molecular flexibility index (Phi) is 4.02. The number of hydrogen-bond donors (Lipinski definition) is 0. The molecule has 126 valence electrons. The SMILES string of the molecule is Cc1ccc(Cc2c(-c3ccc(C#N)cc3)nc3ccc(C)cn23)cc1. The van der Waals surface area contributed by atoms with Crippen molar-refractivity contribution in [1.82, 2.24) is 9.38 Å². The zero-order valence-electron chi connectivity index (χ0n) is 14.9. The summed E-state index contributed by atoms with van der Waals surface area (Å²) in [5.41, 5.74) is 8.49. The molecule has 26 heavy (non-hydrogen) atoms. The van der Waals surface area contributed by atoms with Gasteiger partial charge in [0, 0.05) is 18.2 Å². The van der Waals surface area contributed by atoms with Gasteiger partial charge in [-0.05, 0) is 43.2 Å². The first-order valence-electron chi connectivity index (χ1n) is 8.68. The van der Waals surface area contributed by atoms with E-state index < -0.39 is 0 Å². The second-order valence-electron chi connectivity index (χ2n) is 6.69. The Labute approximate surface area is 153 Å². The van der Waals surface area contributed by atoms with E-state index >= 15 is 0 Å². The topological polar surface area (TPSA) is 41.1 Å². The van der Waals surface area contributed by atoms with Crippen molar-refractivity contribution in [2.45, 2.75) is 20.3 Å². The molecule has 0 aliphatic heterocycles. The summed E-state index contributed by atoms with van der Waals surface area (Å²) >= 11 is 0. The number of rotatable bonds is 3. The second-order valence-corrected chi connectivity index (χ2v) is 6.69. The lowest BCUT2D eigenvalue weighted by Crippen LogP contribution is -1.97. The Hall–Kier alpha value is -3.38. The molecule has 0 radical (unpaired) electrons. The maximum Gasteiger partial charge on any atom is 0.137 e. The highest BCUT2D eigenvalue weighted by molar-refractivity contribution is 5.68. The first-order chi connectivity index (χ1) is 12.6. The summed E-state index contributed by atoms with van der Waals surface area (Å²) in [5.74, 6) is 0. The lowest BCUT2D eigenvalue weighted by atomic mass is 10.0. The quantitative estimate of drug-likeness (QED) is 0.523. The molecule has 2 aromatic heterocycles. The minimum absolute atomic E-state index is 0.661. The molecule has 3 nitrogen and oxygen atoms in total. The highest BCUT2D eigenvalue weighted by Gasteiger charge is 2.15. The first kappa shape index (κ1) is 16.1. The van der Waals surface area contributed by atoms with Crippen LogP contribution in [0.4, 0.5) is 0 Å². The van der Waals surface area contributed by atoms with Crippen LogP contribution in [0.5, 0.6) is 0 Å². The van der Waals surface area contributed by atoms with Crippen LogP contribution in [0.1, 0.15) is 27.9 Å². The predicted octanol–water partition coefficient (Wildman–Crippen LogP) is 5.08. The molecule has 3 heteroatoms. The maximum atomic E-state index is 9.05. The number of pyridine rings is 1. The van der Waals surface area contributed by atoms with E-state index in [0.717, 1.165) is 29.0 Å². The Balaban J connectivity index is 1.88. The van der Waals surface area contributed by atoms with Crippen molar-refractivity contribution < 1.29 is 0 Å². The summed E-state index contributed by atoms with van der Waals surface area (Å²) in [6, 6.07) is 22.6. The Morgan fingerprint density at radius 3 is 2.27 bits per heavy atom. The minimum Gasteiger partial charge on any atom is -0.303 e. The van der Waals surface area contributed by atoms with Gasteiger partial charge in [0.2, 0.25) is 0 Å². The number of imidazole rings is 1. The molecule has 0 aliphatic carbocycles. The molecule has 0 N–H and O–H groups in total. The number of nitrogens with zero attached hydrogens (tertiary/aromatic N) is 3. The minimum atomic E-state index is 0.661. The van der Waals surface area contributed by atoms with Gasteiger partial charge in [0.05, 0.1) is 23.0 Å². The van der Waals surface area contributed by atoms with Gasteiger partial charge in [0.1, 0.15) is 5.65 Å². The Morgan fingerprint density at radius 2 is 1.58 bits per heavy atom. The summed E-state index contributed by atoms with van der Waals surface area (Å²) in [6.07, 6.45) is 2.94. The number of nitriles is 1. The molecular weight excluding hydrogens is 318 g/mol. The van der Waals surface area contributed by atoms with Crippen LogP contribution in [-0.2, 0) is 6.42 Å². The van der Waals surface area contributed by atoms with Crippen molar-refractivity contribution >= 4 is 5.65 Å². The molecule has 0 saturated heterocycles. The average molecular weight is 337 g/mol. The summed E-state index contributed by atoms with van der Waals surface area (Å²) in [4.78, 5) is 4.87. The van der Waals surface area contributed by atoms with E-state index in [1.54, 1.807) is 0 Å². The molecule has 0 spiro atoms. The number of fused-ring (bicyclic) bond motifs is 1. The van der Waals surface area contributed by atoms with Gasteiger partial charge in [-0.3, -0.25) is 0 Å². The first-order valence-corrected chi connectivity index (χ1v) is 8.68. The molecular formula is C23H19N3. The van der Waals surface area contributed by atoms with Crippen molar-refractivity contribution in [3.05, 3.63) is 94.8 Å². The molecule has 0 atom stereocenters. The molecule has 0 saturated carbocycles. The van der Waals surface area contributed by atoms with E-state index in [4.69, 9.17) is 10.2 Å². The fourth-order valence-corrected chi connectivity index (χ4v) is 3.20. The van der Waals surface area contributed by atoms with Gasteiger partial charge in [-0.25, -0.2) is 4.98 Å². The third kappa shape index (κ3) is 2.98. The fraction of sp³-hybridized carbons (Fsp3) is 0.130. The molecule has 0 bridgehead atoms. The van der Waals surface area contributed by atoms with Gasteiger partial charge in [-0.2, -0.15) is 5.26 Å². The van der Waals surface area contributed by atoms with E-state index in [2.05, 4.69) is 66.9 Å². The predicted molar refractivity (Wildman–Crippen MR) is 104 cm³/mol. The lowest BCUT2D eigenvalue weighted by molar-refractivity contribution is 1.02. The fourth-order valence-electron chi connectivity index (χ4n) is 3.20. The maximum absolute atomic E-state index is 9.05. The van der Waals surface area contributed by atoms with Gasteiger partial charge in [-0.15, -0.1) is 0 Å². The molecule has 0 unspecified atom stereocenters. The van der Waals surface area contributed by atoms with Crippen molar-refractivity contribution in [2.75, 3.05) is 0 Å². The summed E-state index contributed by atoms with van der Waals surface area (Å²) in [7, 11) is 0. The van der Waals surface area contributed by atoms with Crippen LogP contribution in [0.25, 0.3) is 16.9 Å².